The van der Waals surface area contributed by atoms with Crippen molar-refractivity contribution in [2.24, 2.45) is 0 Å². The Kier molecular flexibility index (Phi) is 7.51. The van der Waals surface area contributed by atoms with Crippen molar-refractivity contribution in [3.05, 3.63) is 59.2 Å². The molecule has 0 aliphatic heterocycles. The van der Waals surface area contributed by atoms with Crippen LogP contribution in [-0.4, -0.2) is 58.7 Å². The number of methoxy groups -OCH3 is 2. The van der Waals surface area contributed by atoms with Crippen molar-refractivity contribution >= 4 is 35.2 Å². The van der Waals surface area contributed by atoms with Crippen LogP contribution in [0.25, 0.3) is 0 Å². The average molecular weight is 414 g/mol. The Morgan fingerprint density at radius 1 is 0.833 bits per heavy atom. The van der Waals surface area contributed by atoms with Gasteiger partial charge in [0.2, 0.25) is 0 Å². The van der Waals surface area contributed by atoms with Crippen LogP contribution in [0, 0.1) is 0 Å². The van der Waals surface area contributed by atoms with E-state index in [1.54, 1.807) is 18.2 Å². The van der Waals surface area contributed by atoms with Crippen LogP contribution in [0.2, 0.25) is 0 Å². The number of esters is 3. The summed E-state index contributed by atoms with van der Waals surface area (Å²) in [6.07, 6.45) is 0. The molecule has 0 radical (unpaired) electrons. The van der Waals surface area contributed by atoms with Crippen molar-refractivity contribution in [3.63, 3.8) is 0 Å². The normalized spacial score (nSPS) is 10.0. The Bertz CT molecular complexity index is 935. The number of carbonyl (C=O) groups excluding carboxylic acids is 4. The van der Waals surface area contributed by atoms with Crippen LogP contribution in [0.5, 0.6) is 0 Å². The van der Waals surface area contributed by atoms with Crippen LogP contribution >= 0.6 is 0 Å². The third-order valence-corrected chi connectivity index (χ3v) is 3.99. The van der Waals surface area contributed by atoms with E-state index in [1.807, 2.05) is 25.1 Å². The number of carbonyl (C=O) groups is 4. The minimum atomic E-state index is -0.691. The molecule has 0 aromatic heterocycles. The zero-order valence-electron chi connectivity index (χ0n) is 17.1. The molecule has 0 unspecified atom stereocenters. The molecule has 2 rings (SSSR count). The third-order valence-electron chi connectivity index (χ3n) is 3.99. The van der Waals surface area contributed by atoms with Gasteiger partial charge in [0.25, 0.3) is 5.91 Å². The smallest absolute Gasteiger partial charge is 0.338 e. The zero-order chi connectivity index (χ0) is 22.3. The number of hydrogen-bond acceptors (Lipinski definition) is 8. The highest BCUT2D eigenvalue weighted by Gasteiger charge is 2.16. The Balaban J connectivity index is 2.08. The number of benzene rings is 2. The van der Waals surface area contributed by atoms with Crippen LogP contribution in [0.15, 0.2) is 42.5 Å². The minimum Gasteiger partial charge on any atom is -0.465 e. The fourth-order valence-electron chi connectivity index (χ4n) is 2.49. The number of rotatable bonds is 7. The van der Waals surface area contributed by atoms with Gasteiger partial charge in [-0.2, -0.15) is 0 Å². The number of ether oxygens (including phenoxy) is 3. The highest BCUT2D eigenvalue weighted by Crippen LogP contribution is 2.18. The van der Waals surface area contributed by atoms with Gasteiger partial charge in [0, 0.05) is 25.5 Å². The molecule has 1 N–H and O–H groups in total. The molecule has 0 bridgehead atoms. The van der Waals surface area contributed by atoms with Crippen LogP contribution < -0.4 is 10.2 Å². The van der Waals surface area contributed by atoms with E-state index in [4.69, 9.17) is 4.74 Å². The molecule has 0 atom stereocenters. The lowest BCUT2D eigenvalue weighted by atomic mass is 10.1. The molecule has 2 aromatic rings. The summed E-state index contributed by atoms with van der Waals surface area (Å²) in [7, 11) is 6.05. The first-order valence-corrected chi connectivity index (χ1v) is 8.81. The van der Waals surface area contributed by atoms with E-state index in [0.717, 1.165) is 5.69 Å². The van der Waals surface area contributed by atoms with Crippen molar-refractivity contribution in [3.8, 4) is 0 Å². The molecule has 0 saturated heterocycles. The molecule has 9 nitrogen and oxygen atoms in total. The minimum absolute atomic E-state index is 0.0493. The van der Waals surface area contributed by atoms with Crippen molar-refractivity contribution in [1.82, 2.24) is 0 Å². The van der Waals surface area contributed by atoms with Crippen molar-refractivity contribution in [2.45, 2.75) is 0 Å². The Morgan fingerprint density at radius 3 is 1.97 bits per heavy atom. The lowest BCUT2D eigenvalue weighted by Crippen LogP contribution is -2.21. The van der Waals surface area contributed by atoms with Gasteiger partial charge in [-0.15, -0.1) is 0 Å². The predicted octanol–water partition coefficient (Wildman–Crippen LogP) is 2.12. The van der Waals surface area contributed by atoms with E-state index in [9.17, 15) is 19.2 Å². The molecule has 0 saturated carbocycles. The quantitative estimate of drug-likeness (QED) is 0.542. The molecular formula is C21H22N2O7. The van der Waals surface area contributed by atoms with Crippen molar-refractivity contribution < 1.29 is 33.4 Å². The Hall–Kier alpha value is -3.88. The molecule has 0 fully saturated rings. The second-order valence-corrected chi connectivity index (χ2v) is 6.35. The number of anilines is 2. The van der Waals surface area contributed by atoms with Crippen LogP contribution in [0.1, 0.15) is 31.1 Å². The van der Waals surface area contributed by atoms with E-state index in [2.05, 4.69) is 14.8 Å². The van der Waals surface area contributed by atoms with Crippen LogP contribution in [0.3, 0.4) is 0 Å². The topological polar surface area (TPSA) is 111 Å². The number of nitrogens with zero attached hydrogens (tertiary/aromatic N) is 1. The highest BCUT2D eigenvalue weighted by molar-refractivity contribution is 6.00. The molecule has 0 aliphatic rings. The summed E-state index contributed by atoms with van der Waals surface area (Å²) in [5.41, 5.74) is 1.36. The van der Waals surface area contributed by atoms with Crippen LogP contribution in [-0.2, 0) is 19.0 Å². The monoisotopic (exact) mass is 414 g/mol. The van der Waals surface area contributed by atoms with Gasteiger partial charge >= 0.3 is 17.9 Å². The Morgan fingerprint density at radius 2 is 1.43 bits per heavy atom. The maximum absolute atomic E-state index is 12.2. The first kappa shape index (κ1) is 22.4. The fraction of sp³-hybridized carbons (Fsp3) is 0.238. The van der Waals surface area contributed by atoms with E-state index in [0.29, 0.717) is 5.56 Å². The van der Waals surface area contributed by atoms with E-state index in [-0.39, 0.29) is 16.8 Å². The largest absolute Gasteiger partial charge is 0.465 e. The van der Waals surface area contributed by atoms with Gasteiger partial charge in [-0.05, 0) is 36.4 Å². The summed E-state index contributed by atoms with van der Waals surface area (Å²) in [4.78, 5) is 49.8. The maximum Gasteiger partial charge on any atom is 0.338 e. The fourth-order valence-corrected chi connectivity index (χ4v) is 2.49. The van der Waals surface area contributed by atoms with E-state index >= 15 is 0 Å². The second-order valence-electron chi connectivity index (χ2n) is 6.35. The third kappa shape index (κ3) is 5.81. The van der Waals surface area contributed by atoms with Gasteiger partial charge in [0.05, 0.1) is 30.9 Å². The Labute approximate surface area is 173 Å². The zero-order valence-corrected chi connectivity index (χ0v) is 17.1. The van der Waals surface area contributed by atoms with Crippen LogP contribution in [0.4, 0.5) is 11.4 Å². The maximum atomic E-state index is 12.2. The predicted molar refractivity (Wildman–Crippen MR) is 109 cm³/mol. The summed E-state index contributed by atoms with van der Waals surface area (Å²) in [6.45, 7) is -0.555. The van der Waals surface area contributed by atoms with E-state index in [1.165, 1.54) is 32.4 Å². The molecule has 0 heterocycles. The first-order valence-electron chi connectivity index (χ1n) is 8.81. The second kappa shape index (κ2) is 10.1. The average Bonchev–Trinajstić information content (AvgIpc) is 2.75. The van der Waals surface area contributed by atoms with Gasteiger partial charge in [-0.1, -0.05) is 6.07 Å². The lowest BCUT2D eigenvalue weighted by Gasteiger charge is -2.13. The highest BCUT2D eigenvalue weighted by atomic mass is 16.5. The lowest BCUT2D eigenvalue weighted by molar-refractivity contribution is -0.119. The van der Waals surface area contributed by atoms with Crippen molar-refractivity contribution in [1.29, 1.82) is 0 Å². The molecule has 158 valence electrons. The summed E-state index contributed by atoms with van der Waals surface area (Å²) >= 11 is 0. The molecule has 30 heavy (non-hydrogen) atoms. The molecule has 1 amide bonds. The molecule has 9 heteroatoms. The van der Waals surface area contributed by atoms with Gasteiger partial charge < -0.3 is 24.4 Å². The standard InChI is InChI=1S/C21H22N2O7/c1-23(2)17-7-5-6-13(11-17)21(27)30-12-18(24)22-16-9-14(19(25)28-3)8-15(10-16)20(26)29-4/h5-11H,12H2,1-4H3,(H,22,24). The van der Waals surface area contributed by atoms with Gasteiger partial charge in [-0.3, -0.25) is 4.79 Å². The summed E-state index contributed by atoms with van der Waals surface area (Å²) in [6, 6.07) is 10.7. The summed E-state index contributed by atoms with van der Waals surface area (Å²) in [5, 5.41) is 2.48. The molecule has 0 spiro atoms. The molecular weight excluding hydrogens is 392 g/mol. The summed E-state index contributed by atoms with van der Waals surface area (Å²) in [5.74, 6) is -2.69. The van der Waals surface area contributed by atoms with E-state index < -0.39 is 30.4 Å². The van der Waals surface area contributed by atoms with Gasteiger partial charge in [-0.25, -0.2) is 14.4 Å². The number of amides is 1. The van der Waals surface area contributed by atoms with Crippen molar-refractivity contribution in [2.75, 3.05) is 45.1 Å². The molecule has 0 aliphatic carbocycles. The van der Waals surface area contributed by atoms with Gasteiger partial charge in [0.15, 0.2) is 6.61 Å². The number of hydrogen-bond donors (Lipinski definition) is 1. The first-order chi connectivity index (χ1) is 14.2. The molecule has 2 aromatic carbocycles. The summed E-state index contributed by atoms with van der Waals surface area (Å²) < 4.78 is 14.3. The van der Waals surface area contributed by atoms with Gasteiger partial charge in [0.1, 0.15) is 0 Å². The number of nitrogens with one attached hydrogen (secondary N) is 1. The SMILES string of the molecule is COC(=O)c1cc(NC(=O)COC(=O)c2cccc(N(C)C)c2)cc(C(=O)OC)c1.